The molecule has 1 saturated heterocycles. The van der Waals surface area contributed by atoms with Gasteiger partial charge in [0.05, 0.1) is 24.4 Å². The number of aryl methyl sites for hydroxylation is 1. The third kappa shape index (κ3) is 3.62. The smallest absolute Gasteiger partial charge is 0.300 e. The van der Waals surface area contributed by atoms with Gasteiger partial charge < -0.3 is 9.84 Å². The summed E-state index contributed by atoms with van der Waals surface area (Å²) >= 11 is 0. The Labute approximate surface area is 183 Å². The van der Waals surface area contributed by atoms with Crippen molar-refractivity contribution in [1.82, 2.24) is 0 Å². The molecule has 162 valence electrons. The Hall–Kier alpha value is -4.00. The Bertz CT molecular complexity index is 1250. The molecule has 0 aliphatic carbocycles. The van der Waals surface area contributed by atoms with Crippen LogP contribution in [0, 0.1) is 18.6 Å². The molecule has 0 radical (unpaired) electrons. The number of hydrogen-bond donors (Lipinski definition) is 1. The molecule has 4 rings (SSSR count). The predicted molar refractivity (Wildman–Crippen MR) is 115 cm³/mol. The lowest BCUT2D eigenvalue weighted by atomic mass is 9.94. The van der Waals surface area contributed by atoms with Crippen molar-refractivity contribution in [2.75, 3.05) is 12.0 Å². The molecule has 3 aromatic rings. The van der Waals surface area contributed by atoms with E-state index < -0.39 is 35.1 Å². The average Bonchev–Trinajstić information content (AvgIpc) is 3.04. The lowest BCUT2D eigenvalue weighted by Crippen LogP contribution is -2.30. The monoisotopic (exact) mass is 435 g/mol. The molecule has 1 aliphatic heterocycles. The molecule has 1 N–H and O–H groups in total. The number of halogens is 2. The highest BCUT2D eigenvalue weighted by Crippen LogP contribution is 2.43. The summed E-state index contributed by atoms with van der Waals surface area (Å²) in [4.78, 5) is 27.0. The second-order valence-electron chi connectivity index (χ2n) is 7.41. The van der Waals surface area contributed by atoms with Crippen LogP contribution in [-0.4, -0.2) is 23.9 Å². The van der Waals surface area contributed by atoms with Crippen molar-refractivity contribution >= 4 is 23.1 Å². The molecule has 32 heavy (non-hydrogen) atoms. The van der Waals surface area contributed by atoms with Crippen LogP contribution in [0.2, 0.25) is 0 Å². The molecule has 1 aliphatic rings. The van der Waals surface area contributed by atoms with Crippen molar-refractivity contribution in [3.05, 3.63) is 101 Å². The van der Waals surface area contributed by atoms with Crippen LogP contribution >= 0.6 is 0 Å². The number of rotatable bonds is 4. The molecule has 0 saturated carbocycles. The van der Waals surface area contributed by atoms with Crippen LogP contribution < -0.4 is 9.64 Å². The Kier molecular flexibility index (Phi) is 5.48. The predicted octanol–water partition coefficient (Wildman–Crippen LogP) is 4.91. The van der Waals surface area contributed by atoms with E-state index in [2.05, 4.69) is 0 Å². The molecule has 0 spiro atoms. The highest BCUT2D eigenvalue weighted by atomic mass is 19.1. The van der Waals surface area contributed by atoms with Gasteiger partial charge in [0.25, 0.3) is 11.7 Å². The molecule has 0 bridgehead atoms. The number of amides is 1. The van der Waals surface area contributed by atoms with Gasteiger partial charge in [0, 0.05) is 11.6 Å². The van der Waals surface area contributed by atoms with Crippen LogP contribution in [0.25, 0.3) is 5.76 Å². The van der Waals surface area contributed by atoms with Gasteiger partial charge in [0.2, 0.25) is 0 Å². The van der Waals surface area contributed by atoms with Crippen molar-refractivity contribution < 1.29 is 28.2 Å². The van der Waals surface area contributed by atoms with E-state index in [0.717, 1.165) is 22.6 Å². The zero-order valence-electron chi connectivity index (χ0n) is 17.3. The largest absolute Gasteiger partial charge is 0.507 e. The molecule has 5 nitrogen and oxygen atoms in total. The number of benzene rings is 3. The van der Waals surface area contributed by atoms with Gasteiger partial charge in [0.15, 0.2) is 0 Å². The van der Waals surface area contributed by atoms with Crippen LogP contribution in [0.15, 0.2) is 72.3 Å². The zero-order valence-corrected chi connectivity index (χ0v) is 17.3. The highest BCUT2D eigenvalue weighted by Gasteiger charge is 2.47. The van der Waals surface area contributed by atoms with Gasteiger partial charge in [-0.05, 0) is 48.9 Å². The summed E-state index contributed by atoms with van der Waals surface area (Å²) in [5.41, 5.74) is 1.20. The summed E-state index contributed by atoms with van der Waals surface area (Å²) in [6.45, 7) is 1.83. The lowest BCUT2D eigenvalue weighted by Gasteiger charge is -2.26. The SMILES string of the molecule is COc1ccc(/C(O)=C2\C(=O)C(=O)N(c3ccc(F)cc3F)C2c2cccc(C)c2)cc1. The zero-order chi connectivity index (χ0) is 23.0. The number of carbonyl (C=O) groups is 2. The first-order valence-electron chi connectivity index (χ1n) is 9.79. The summed E-state index contributed by atoms with van der Waals surface area (Å²) in [6, 6.07) is 14.9. The maximum atomic E-state index is 14.7. The van der Waals surface area contributed by atoms with E-state index in [4.69, 9.17) is 4.74 Å². The Morgan fingerprint density at radius 3 is 2.34 bits per heavy atom. The molecule has 1 unspecified atom stereocenters. The van der Waals surface area contributed by atoms with Crippen LogP contribution in [0.4, 0.5) is 14.5 Å². The van der Waals surface area contributed by atoms with Crippen LogP contribution in [0.3, 0.4) is 0 Å². The molecular formula is C25H19F2NO4. The minimum atomic E-state index is -1.10. The van der Waals surface area contributed by atoms with Gasteiger partial charge in [0.1, 0.15) is 23.1 Å². The lowest BCUT2D eigenvalue weighted by molar-refractivity contribution is -0.132. The summed E-state index contributed by atoms with van der Waals surface area (Å²) in [6.07, 6.45) is 0. The van der Waals surface area contributed by atoms with E-state index in [0.29, 0.717) is 22.9 Å². The number of nitrogens with zero attached hydrogens (tertiary/aromatic N) is 1. The molecule has 1 atom stereocenters. The normalized spacial score (nSPS) is 17.6. The minimum Gasteiger partial charge on any atom is -0.507 e. The van der Waals surface area contributed by atoms with Crippen molar-refractivity contribution in [1.29, 1.82) is 0 Å². The van der Waals surface area contributed by atoms with E-state index in [1.165, 1.54) is 7.11 Å². The number of hydrogen-bond acceptors (Lipinski definition) is 4. The number of ketones is 1. The van der Waals surface area contributed by atoms with Gasteiger partial charge in [-0.25, -0.2) is 8.78 Å². The number of aliphatic hydroxyl groups excluding tert-OH is 1. The Morgan fingerprint density at radius 2 is 1.72 bits per heavy atom. The van der Waals surface area contributed by atoms with Crippen LogP contribution in [-0.2, 0) is 9.59 Å². The van der Waals surface area contributed by atoms with Crippen LogP contribution in [0.5, 0.6) is 5.75 Å². The summed E-state index contributed by atoms with van der Waals surface area (Å²) < 4.78 is 33.3. The first-order valence-corrected chi connectivity index (χ1v) is 9.79. The molecule has 1 fully saturated rings. The fraction of sp³-hybridized carbons (Fsp3) is 0.120. The number of ether oxygens (including phenoxy) is 1. The fourth-order valence-electron chi connectivity index (χ4n) is 3.82. The topological polar surface area (TPSA) is 66.8 Å². The number of methoxy groups -OCH3 is 1. The van der Waals surface area contributed by atoms with Crippen molar-refractivity contribution in [2.24, 2.45) is 0 Å². The Balaban J connectivity index is 1.95. The molecule has 1 heterocycles. The third-order valence-corrected chi connectivity index (χ3v) is 5.34. The standard InChI is InChI=1S/C25H19F2NO4/c1-14-4-3-5-16(12-14)22-21(23(29)15-6-9-18(32-2)10-7-15)24(30)25(31)28(22)20-11-8-17(26)13-19(20)27/h3-13,22,29H,1-2H3/b23-21+. The molecule has 7 heteroatoms. The van der Waals surface area contributed by atoms with Gasteiger partial charge in [-0.1, -0.05) is 29.8 Å². The summed E-state index contributed by atoms with van der Waals surface area (Å²) in [7, 11) is 1.50. The van der Waals surface area contributed by atoms with E-state index in [-0.39, 0.29) is 11.3 Å². The quantitative estimate of drug-likeness (QED) is 0.359. The van der Waals surface area contributed by atoms with Crippen molar-refractivity contribution in [3.8, 4) is 5.75 Å². The minimum absolute atomic E-state index is 0.186. The maximum absolute atomic E-state index is 14.7. The van der Waals surface area contributed by atoms with Crippen molar-refractivity contribution in [2.45, 2.75) is 13.0 Å². The number of Topliss-reactive ketones (excluding diaryl/α,β-unsaturated/α-hetero) is 1. The second-order valence-corrected chi connectivity index (χ2v) is 7.41. The summed E-state index contributed by atoms with van der Waals surface area (Å²) in [5, 5.41) is 11.0. The molecular weight excluding hydrogens is 416 g/mol. The van der Waals surface area contributed by atoms with E-state index in [1.54, 1.807) is 42.5 Å². The maximum Gasteiger partial charge on any atom is 0.300 e. The molecule has 3 aromatic carbocycles. The average molecular weight is 435 g/mol. The van der Waals surface area contributed by atoms with E-state index in [9.17, 15) is 23.5 Å². The Morgan fingerprint density at radius 1 is 1.00 bits per heavy atom. The van der Waals surface area contributed by atoms with Gasteiger partial charge in [-0.2, -0.15) is 0 Å². The van der Waals surface area contributed by atoms with Gasteiger partial charge >= 0.3 is 0 Å². The number of aliphatic hydroxyl groups is 1. The summed E-state index contributed by atoms with van der Waals surface area (Å²) in [5.74, 6) is -3.64. The van der Waals surface area contributed by atoms with E-state index >= 15 is 0 Å². The van der Waals surface area contributed by atoms with Gasteiger partial charge in [-0.15, -0.1) is 0 Å². The second kappa shape index (κ2) is 8.26. The number of anilines is 1. The highest BCUT2D eigenvalue weighted by molar-refractivity contribution is 6.51. The molecule has 1 amide bonds. The molecule has 0 aromatic heterocycles. The van der Waals surface area contributed by atoms with Gasteiger partial charge in [-0.3, -0.25) is 14.5 Å². The van der Waals surface area contributed by atoms with Crippen LogP contribution in [0.1, 0.15) is 22.7 Å². The first kappa shape index (κ1) is 21.2. The van der Waals surface area contributed by atoms with E-state index in [1.807, 2.05) is 13.0 Å². The first-order chi connectivity index (χ1) is 15.3. The van der Waals surface area contributed by atoms with Crippen molar-refractivity contribution in [3.63, 3.8) is 0 Å². The number of carbonyl (C=O) groups excluding carboxylic acids is 2. The third-order valence-electron chi connectivity index (χ3n) is 5.34. The fourth-order valence-corrected chi connectivity index (χ4v) is 3.82.